The minimum atomic E-state index is -1.03. The summed E-state index contributed by atoms with van der Waals surface area (Å²) >= 11 is 0. The van der Waals surface area contributed by atoms with Crippen molar-refractivity contribution >= 4 is 5.97 Å². The molecule has 0 radical (unpaired) electrons. The number of aliphatic hydroxyl groups is 3. The van der Waals surface area contributed by atoms with Gasteiger partial charge in [-0.25, -0.2) is 0 Å². The molecule has 0 fully saturated rings. The summed E-state index contributed by atoms with van der Waals surface area (Å²) in [7, 11) is 0. The van der Waals surface area contributed by atoms with Crippen molar-refractivity contribution in [1.29, 1.82) is 0 Å². The Kier molecular flexibility index (Phi) is 20.1. The first-order valence-corrected chi connectivity index (χ1v) is 11.4. The summed E-state index contributed by atoms with van der Waals surface area (Å²) in [6, 6.07) is 0. The number of hydrogen-bond donors (Lipinski definition) is 3. The largest absolute Gasteiger partial charge is 0.463 e. The van der Waals surface area contributed by atoms with Crippen molar-refractivity contribution in [2.75, 3.05) is 19.8 Å². The Bertz CT molecular complexity index is 370. The van der Waals surface area contributed by atoms with Crippen molar-refractivity contribution in [3.05, 3.63) is 12.2 Å². The number of esters is 1. The van der Waals surface area contributed by atoms with E-state index in [1.807, 2.05) is 0 Å². The van der Waals surface area contributed by atoms with E-state index < -0.39 is 12.7 Å². The molecule has 0 spiro atoms. The van der Waals surface area contributed by atoms with Gasteiger partial charge in [0.05, 0.1) is 12.5 Å². The zero-order chi connectivity index (χ0) is 20.9. The minimum Gasteiger partial charge on any atom is -0.463 e. The van der Waals surface area contributed by atoms with E-state index in [2.05, 4.69) is 19.1 Å². The summed E-state index contributed by atoms with van der Waals surface area (Å²) in [6.45, 7) is 1.58. The van der Waals surface area contributed by atoms with E-state index in [0.29, 0.717) is 12.8 Å². The molecule has 28 heavy (non-hydrogen) atoms. The molecule has 0 aromatic carbocycles. The van der Waals surface area contributed by atoms with Crippen LogP contribution in [0.1, 0.15) is 96.8 Å². The molecule has 0 aliphatic heterocycles. The Morgan fingerprint density at radius 3 is 2.00 bits per heavy atom. The van der Waals surface area contributed by atoms with E-state index in [-0.39, 0.29) is 25.1 Å². The van der Waals surface area contributed by atoms with E-state index >= 15 is 0 Å². The molecule has 0 saturated carbocycles. The highest BCUT2D eigenvalue weighted by atomic mass is 16.5. The first kappa shape index (κ1) is 27.1. The van der Waals surface area contributed by atoms with Crippen LogP contribution < -0.4 is 0 Å². The molecule has 0 bridgehead atoms. The number of allylic oxidation sites excluding steroid dienone is 2. The monoisotopic (exact) mass is 400 g/mol. The molecule has 0 heterocycles. The third-order valence-corrected chi connectivity index (χ3v) is 5.00. The maximum atomic E-state index is 12.0. The van der Waals surface area contributed by atoms with E-state index in [0.717, 1.165) is 25.7 Å². The summed E-state index contributed by atoms with van der Waals surface area (Å²) in [4.78, 5) is 12.0. The molecule has 5 heteroatoms. The second-order valence-corrected chi connectivity index (χ2v) is 7.70. The Balaban J connectivity index is 3.64. The molecule has 0 aromatic heterocycles. The summed E-state index contributed by atoms with van der Waals surface area (Å²) in [5, 5.41) is 27.1. The van der Waals surface area contributed by atoms with Crippen molar-refractivity contribution in [3.63, 3.8) is 0 Å². The highest BCUT2D eigenvalue weighted by molar-refractivity contribution is 5.72. The highest BCUT2D eigenvalue weighted by Crippen LogP contribution is 2.17. The van der Waals surface area contributed by atoms with Gasteiger partial charge in [0.2, 0.25) is 0 Å². The summed E-state index contributed by atoms with van der Waals surface area (Å²) in [5.41, 5.74) is 0. The number of carbonyl (C=O) groups is 1. The molecule has 0 aromatic rings. The Labute approximate surface area is 172 Å². The second kappa shape index (κ2) is 20.8. The molecular weight excluding hydrogens is 356 g/mol. The van der Waals surface area contributed by atoms with E-state index in [1.165, 1.54) is 51.4 Å². The standard InChI is InChI=1S/C23H44O5/c1-2-3-4-5-6-7-8-9-10-11-12-13-14-15-16-21(17-18-24)23(27)28-20-22(26)19-25/h9-10,21-22,24-26H,2-8,11-20H2,1H3/b10-9-. The predicted molar refractivity (Wildman–Crippen MR) is 114 cm³/mol. The van der Waals surface area contributed by atoms with Crippen LogP contribution >= 0.6 is 0 Å². The summed E-state index contributed by atoms with van der Waals surface area (Å²) in [6.07, 6.45) is 19.4. The van der Waals surface area contributed by atoms with Crippen LogP contribution in [0.25, 0.3) is 0 Å². The molecular formula is C23H44O5. The SMILES string of the molecule is CCCCCCCC/C=C\CCCCCCC(CCO)C(=O)OCC(O)CO. The fraction of sp³-hybridized carbons (Fsp3) is 0.870. The van der Waals surface area contributed by atoms with Crippen molar-refractivity contribution in [1.82, 2.24) is 0 Å². The fourth-order valence-corrected chi connectivity index (χ4v) is 3.17. The number of unbranched alkanes of at least 4 members (excludes halogenated alkanes) is 10. The number of carbonyl (C=O) groups excluding carboxylic acids is 1. The molecule has 0 aliphatic carbocycles. The van der Waals surface area contributed by atoms with Crippen LogP contribution in [0.15, 0.2) is 12.2 Å². The van der Waals surface area contributed by atoms with Gasteiger partial charge in [0, 0.05) is 6.61 Å². The van der Waals surface area contributed by atoms with Gasteiger partial charge >= 0.3 is 5.97 Å². The van der Waals surface area contributed by atoms with Crippen molar-refractivity contribution < 1.29 is 24.9 Å². The van der Waals surface area contributed by atoms with Gasteiger partial charge in [-0.2, -0.15) is 0 Å². The first-order chi connectivity index (χ1) is 13.7. The zero-order valence-electron chi connectivity index (χ0n) is 18.0. The average molecular weight is 401 g/mol. The summed E-state index contributed by atoms with van der Waals surface area (Å²) < 4.78 is 5.01. The van der Waals surface area contributed by atoms with E-state index in [4.69, 9.17) is 14.9 Å². The molecule has 2 unspecified atom stereocenters. The lowest BCUT2D eigenvalue weighted by Gasteiger charge is -2.16. The predicted octanol–water partition coefficient (Wildman–Crippen LogP) is 4.53. The van der Waals surface area contributed by atoms with Crippen LogP contribution in [-0.2, 0) is 9.53 Å². The van der Waals surface area contributed by atoms with Crippen LogP contribution in [0.3, 0.4) is 0 Å². The van der Waals surface area contributed by atoms with Gasteiger partial charge in [0.1, 0.15) is 12.7 Å². The Morgan fingerprint density at radius 1 is 0.857 bits per heavy atom. The van der Waals surface area contributed by atoms with Gasteiger partial charge in [-0.1, -0.05) is 70.4 Å². The highest BCUT2D eigenvalue weighted by Gasteiger charge is 2.20. The molecule has 2 atom stereocenters. The second-order valence-electron chi connectivity index (χ2n) is 7.70. The molecule has 0 rings (SSSR count). The van der Waals surface area contributed by atoms with Crippen molar-refractivity contribution in [2.45, 2.75) is 103 Å². The molecule has 0 aliphatic rings. The lowest BCUT2D eigenvalue weighted by molar-refractivity contribution is -0.153. The summed E-state index contributed by atoms with van der Waals surface area (Å²) in [5.74, 6) is -0.715. The van der Waals surface area contributed by atoms with Crippen LogP contribution in [-0.4, -0.2) is 47.2 Å². The fourth-order valence-electron chi connectivity index (χ4n) is 3.17. The van der Waals surface area contributed by atoms with Crippen LogP contribution in [0.2, 0.25) is 0 Å². The number of rotatable bonds is 20. The average Bonchev–Trinajstić information content (AvgIpc) is 2.71. The van der Waals surface area contributed by atoms with Gasteiger partial charge in [-0.3, -0.25) is 4.79 Å². The Hall–Kier alpha value is -0.910. The molecule has 5 nitrogen and oxygen atoms in total. The smallest absolute Gasteiger partial charge is 0.309 e. The zero-order valence-corrected chi connectivity index (χ0v) is 18.0. The van der Waals surface area contributed by atoms with Crippen molar-refractivity contribution in [2.24, 2.45) is 5.92 Å². The number of ether oxygens (including phenoxy) is 1. The molecule has 0 amide bonds. The van der Waals surface area contributed by atoms with Crippen LogP contribution in [0.4, 0.5) is 0 Å². The topological polar surface area (TPSA) is 87.0 Å². The Morgan fingerprint density at radius 2 is 1.43 bits per heavy atom. The number of hydrogen-bond acceptors (Lipinski definition) is 5. The molecule has 0 saturated heterocycles. The van der Waals surface area contributed by atoms with Gasteiger partial charge in [-0.15, -0.1) is 0 Å². The lowest BCUT2D eigenvalue weighted by atomic mass is 9.97. The van der Waals surface area contributed by atoms with E-state index in [1.54, 1.807) is 0 Å². The maximum absolute atomic E-state index is 12.0. The quantitative estimate of drug-likeness (QED) is 0.159. The van der Waals surface area contributed by atoms with Gasteiger partial charge in [0.15, 0.2) is 0 Å². The lowest BCUT2D eigenvalue weighted by Crippen LogP contribution is -2.26. The molecule has 3 N–H and O–H groups in total. The maximum Gasteiger partial charge on any atom is 0.309 e. The van der Waals surface area contributed by atoms with Gasteiger partial charge < -0.3 is 20.1 Å². The normalized spacial score (nSPS) is 13.7. The number of aliphatic hydroxyl groups excluding tert-OH is 3. The molecule has 166 valence electrons. The first-order valence-electron chi connectivity index (χ1n) is 11.4. The van der Waals surface area contributed by atoms with Crippen molar-refractivity contribution in [3.8, 4) is 0 Å². The van der Waals surface area contributed by atoms with Gasteiger partial charge in [0.25, 0.3) is 0 Å². The minimum absolute atomic E-state index is 0.0499. The van der Waals surface area contributed by atoms with Crippen LogP contribution in [0.5, 0.6) is 0 Å². The van der Waals surface area contributed by atoms with E-state index in [9.17, 15) is 9.90 Å². The van der Waals surface area contributed by atoms with Crippen LogP contribution in [0, 0.1) is 5.92 Å². The third-order valence-electron chi connectivity index (χ3n) is 5.00. The third kappa shape index (κ3) is 17.2. The van der Waals surface area contributed by atoms with Gasteiger partial charge in [-0.05, 0) is 38.5 Å².